The maximum Gasteiger partial charge on any atom is 0.0739 e. The number of halogens is 1. The zero-order valence-corrected chi connectivity index (χ0v) is 14.1. The van der Waals surface area contributed by atoms with Gasteiger partial charge in [0.15, 0.2) is 0 Å². The Bertz CT molecular complexity index is 556. The minimum absolute atomic E-state index is 0.853. The lowest BCUT2D eigenvalue weighted by Gasteiger charge is -2.11. The smallest absolute Gasteiger partial charge is 0.0739 e. The SMILES string of the molecule is CCCNCc1cccn1Cc1c(Br)c(C)nn1CC. The van der Waals surface area contributed by atoms with Crippen LogP contribution < -0.4 is 5.32 Å². The summed E-state index contributed by atoms with van der Waals surface area (Å²) in [5.74, 6) is 0. The third-order valence-electron chi connectivity index (χ3n) is 3.43. The average Bonchev–Trinajstić information content (AvgIpc) is 2.99. The quantitative estimate of drug-likeness (QED) is 0.786. The summed E-state index contributed by atoms with van der Waals surface area (Å²) in [7, 11) is 0. The summed E-state index contributed by atoms with van der Waals surface area (Å²) < 4.78 is 5.49. The van der Waals surface area contributed by atoms with Gasteiger partial charge in [-0.15, -0.1) is 0 Å². The van der Waals surface area contributed by atoms with Gasteiger partial charge in [-0.3, -0.25) is 4.68 Å². The van der Waals surface area contributed by atoms with E-state index in [1.165, 1.54) is 11.4 Å². The molecule has 110 valence electrons. The van der Waals surface area contributed by atoms with Gasteiger partial charge in [0.1, 0.15) is 0 Å². The predicted octanol–water partition coefficient (Wildman–Crippen LogP) is 3.32. The van der Waals surface area contributed by atoms with Crippen molar-refractivity contribution in [3.05, 3.63) is 39.9 Å². The van der Waals surface area contributed by atoms with E-state index in [1.807, 2.05) is 6.92 Å². The summed E-state index contributed by atoms with van der Waals surface area (Å²) >= 11 is 3.66. The number of aryl methyl sites for hydroxylation is 2. The molecule has 0 spiro atoms. The molecule has 0 fully saturated rings. The topological polar surface area (TPSA) is 34.8 Å². The van der Waals surface area contributed by atoms with Crippen molar-refractivity contribution >= 4 is 15.9 Å². The normalized spacial score (nSPS) is 11.2. The van der Waals surface area contributed by atoms with Gasteiger partial charge in [0.05, 0.1) is 22.4 Å². The van der Waals surface area contributed by atoms with Crippen molar-refractivity contribution in [1.82, 2.24) is 19.7 Å². The molecule has 0 bridgehead atoms. The van der Waals surface area contributed by atoms with Crippen LogP contribution in [0.1, 0.15) is 37.4 Å². The molecule has 0 atom stereocenters. The van der Waals surface area contributed by atoms with Crippen LogP contribution in [0.3, 0.4) is 0 Å². The van der Waals surface area contributed by atoms with E-state index in [2.05, 4.69) is 67.8 Å². The number of hydrogen-bond donors (Lipinski definition) is 1. The molecule has 0 aliphatic rings. The number of nitrogens with zero attached hydrogens (tertiary/aromatic N) is 3. The second-order valence-electron chi connectivity index (χ2n) is 4.97. The van der Waals surface area contributed by atoms with Crippen molar-refractivity contribution in [3.63, 3.8) is 0 Å². The zero-order valence-electron chi connectivity index (χ0n) is 12.5. The van der Waals surface area contributed by atoms with Gasteiger partial charge in [-0.1, -0.05) is 6.92 Å². The molecule has 0 aliphatic carbocycles. The second-order valence-corrected chi connectivity index (χ2v) is 5.76. The predicted molar refractivity (Wildman–Crippen MR) is 85.9 cm³/mol. The van der Waals surface area contributed by atoms with Crippen molar-refractivity contribution in [2.24, 2.45) is 0 Å². The molecule has 0 unspecified atom stereocenters. The highest BCUT2D eigenvalue weighted by Gasteiger charge is 2.13. The molecule has 0 amide bonds. The molecule has 0 saturated heterocycles. The molecule has 0 radical (unpaired) electrons. The first kappa shape index (κ1) is 15.3. The fourth-order valence-electron chi connectivity index (χ4n) is 2.34. The molecule has 20 heavy (non-hydrogen) atoms. The monoisotopic (exact) mass is 338 g/mol. The highest BCUT2D eigenvalue weighted by molar-refractivity contribution is 9.10. The molecule has 5 heteroatoms. The van der Waals surface area contributed by atoms with Crippen LogP contribution in [0.4, 0.5) is 0 Å². The molecule has 0 saturated carbocycles. The van der Waals surface area contributed by atoms with Crippen LogP contribution in [-0.2, 0) is 19.6 Å². The van der Waals surface area contributed by atoms with Crippen molar-refractivity contribution in [2.75, 3.05) is 6.54 Å². The minimum Gasteiger partial charge on any atom is -0.344 e. The van der Waals surface area contributed by atoms with Crippen LogP contribution in [0.25, 0.3) is 0 Å². The first-order valence-corrected chi connectivity index (χ1v) is 8.03. The third-order valence-corrected chi connectivity index (χ3v) is 4.46. The van der Waals surface area contributed by atoms with Crippen LogP contribution in [0.5, 0.6) is 0 Å². The van der Waals surface area contributed by atoms with Crippen molar-refractivity contribution in [1.29, 1.82) is 0 Å². The molecular formula is C15H23BrN4. The van der Waals surface area contributed by atoms with E-state index in [1.54, 1.807) is 0 Å². The number of aromatic nitrogens is 3. The van der Waals surface area contributed by atoms with Crippen LogP contribution in [0.2, 0.25) is 0 Å². The molecule has 2 rings (SSSR count). The highest BCUT2D eigenvalue weighted by Crippen LogP contribution is 2.22. The Kier molecular flexibility index (Phi) is 5.43. The summed E-state index contributed by atoms with van der Waals surface area (Å²) in [5, 5.41) is 8.01. The highest BCUT2D eigenvalue weighted by atomic mass is 79.9. The molecule has 0 aromatic carbocycles. The van der Waals surface area contributed by atoms with E-state index >= 15 is 0 Å². The van der Waals surface area contributed by atoms with Crippen LogP contribution in [0.15, 0.2) is 22.8 Å². The Labute approximate surface area is 129 Å². The van der Waals surface area contributed by atoms with Gasteiger partial charge in [0.25, 0.3) is 0 Å². The van der Waals surface area contributed by atoms with Gasteiger partial charge in [-0.05, 0) is 54.9 Å². The first-order valence-electron chi connectivity index (χ1n) is 7.23. The minimum atomic E-state index is 0.853. The average molecular weight is 339 g/mol. The largest absolute Gasteiger partial charge is 0.344 e. The maximum atomic E-state index is 4.56. The Morgan fingerprint density at radius 3 is 2.85 bits per heavy atom. The lowest BCUT2D eigenvalue weighted by molar-refractivity contribution is 0.578. The van der Waals surface area contributed by atoms with E-state index in [4.69, 9.17) is 0 Å². The van der Waals surface area contributed by atoms with Crippen LogP contribution >= 0.6 is 15.9 Å². The summed E-state index contributed by atoms with van der Waals surface area (Å²) in [6, 6.07) is 4.28. The molecule has 2 aromatic rings. The summed E-state index contributed by atoms with van der Waals surface area (Å²) in [4.78, 5) is 0. The molecule has 1 N–H and O–H groups in total. The Morgan fingerprint density at radius 2 is 2.15 bits per heavy atom. The van der Waals surface area contributed by atoms with E-state index in [0.29, 0.717) is 0 Å². The fourth-order valence-corrected chi connectivity index (χ4v) is 2.75. The van der Waals surface area contributed by atoms with E-state index < -0.39 is 0 Å². The van der Waals surface area contributed by atoms with E-state index in [-0.39, 0.29) is 0 Å². The van der Waals surface area contributed by atoms with E-state index in [9.17, 15) is 0 Å². The van der Waals surface area contributed by atoms with Gasteiger partial charge in [0.2, 0.25) is 0 Å². The van der Waals surface area contributed by atoms with Crippen molar-refractivity contribution < 1.29 is 0 Å². The van der Waals surface area contributed by atoms with Crippen molar-refractivity contribution in [3.8, 4) is 0 Å². The number of hydrogen-bond acceptors (Lipinski definition) is 2. The lowest BCUT2D eigenvalue weighted by atomic mass is 10.3. The van der Waals surface area contributed by atoms with E-state index in [0.717, 1.165) is 42.8 Å². The fraction of sp³-hybridized carbons (Fsp3) is 0.533. The van der Waals surface area contributed by atoms with Gasteiger partial charge < -0.3 is 9.88 Å². The molecule has 2 aromatic heterocycles. The Balaban J connectivity index is 2.16. The van der Waals surface area contributed by atoms with Crippen molar-refractivity contribution in [2.45, 2.75) is 46.8 Å². The Hall–Kier alpha value is -1.07. The zero-order chi connectivity index (χ0) is 14.5. The molecule has 4 nitrogen and oxygen atoms in total. The summed E-state index contributed by atoms with van der Waals surface area (Å²) in [6.07, 6.45) is 3.30. The number of rotatable bonds is 7. The second kappa shape index (κ2) is 7.09. The molecule has 0 aliphatic heterocycles. The molecular weight excluding hydrogens is 316 g/mol. The number of nitrogens with one attached hydrogen (secondary N) is 1. The van der Waals surface area contributed by atoms with Crippen LogP contribution in [0, 0.1) is 6.92 Å². The van der Waals surface area contributed by atoms with Crippen LogP contribution in [-0.4, -0.2) is 20.9 Å². The summed E-state index contributed by atoms with van der Waals surface area (Å²) in [5.41, 5.74) is 3.60. The lowest BCUT2D eigenvalue weighted by Crippen LogP contribution is -2.17. The maximum absolute atomic E-state index is 4.56. The third kappa shape index (κ3) is 3.33. The van der Waals surface area contributed by atoms with Gasteiger partial charge in [-0.2, -0.15) is 5.10 Å². The standard InChI is InChI=1S/C15H23BrN4/c1-4-8-17-10-13-7-6-9-19(13)11-14-15(16)12(3)18-20(14)5-2/h6-7,9,17H,4-5,8,10-11H2,1-3H3. The van der Waals surface area contributed by atoms with Gasteiger partial charge in [0, 0.05) is 25.0 Å². The Morgan fingerprint density at radius 1 is 1.35 bits per heavy atom. The molecule has 2 heterocycles. The van der Waals surface area contributed by atoms with Gasteiger partial charge in [-0.25, -0.2) is 0 Å². The first-order chi connectivity index (χ1) is 9.67. The van der Waals surface area contributed by atoms with Gasteiger partial charge >= 0.3 is 0 Å². The summed E-state index contributed by atoms with van der Waals surface area (Å²) in [6.45, 7) is 10.1.